The van der Waals surface area contributed by atoms with Crippen LogP contribution in [0.4, 0.5) is 13.2 Å². The normalized spacial score (nSPS) is 16.0. The first-order valence-corrected chi connectivity index (χ1v) is 7.88. The Morgan fingerprint density at radius 2 is 1.90 bits per heavy atom. The van der Waals surface area contributed by atoms with Crippen molar-refractivity contribution in [3.05, 3.63) is 35.4 Å². The monoisotopic (exact) mass is 318 g/mol. The maximum Gasteiger partial charge on any atom is 0.416 e. The lowest BCUT2D eigenvalue weighted by atomic mass is 10.1. The van der Waals surface area contributed by atoms with Gasteiger partial charge < -0.3 is 0 Å². The van der Waals surface area contributed by atoms with Crippen molar-refractivity contribution >= 4 is 10.0 Å². The Labute approximate surface area is 120 Å². The molecule has 0 radical (unpaired) electrons. The predicted molar refractivity (Wildman–Crippen MR) is 69.4 cm³/mol. The zero-order chi connectivity index (χ0) is 15.7. The molecule has 0 bridgehead atoms. The van der Waals surface area contributed by atoms with Crippen LogP contribution in [-0.2, 0) is 22.0 Å². The number of alkyl halides is 3. The third-order valence-electron chi connectivity index (χ3n) is 3.20. The number of nitriles is 1. The number of rotatable bonds is 5. The van der Waals surface area contributed by atoms with Gasteiger partial charge in [0.05, 0.1) is 17.4 Å². The van der Waals surface area contributed by atoms with Crippen LogP contribution < -0.4 is 0 Å². The molecule has 1 aromatic carbocycles. The second kappa shape index (κ2) is 5.66. The predicted octanol–water partition coefficient (Wildman–Crippen LogP) is 2.52. The van der Waals surface area contributed by atoms with Gasteiger partial charge in [-0.05, 0) is 24.5 Å². The fourth-order valence-corrected chi connectivity index (χ4v) is 3.82. The fourth-order valence-electron chi connectivity index (χ4n) is 2.09. The van der Waals surface area contributed by atoms with E-state index in [4.69, 9.17) is 5.26 Å². The largest absolute Gasteiger partial charge is 0.416 e. The Morgan fingerprint density at radius 3 is 2.43 bits per heavy atom. The molecule has 21 heavy (non-hydrogen) atoms. The van der Waals surface area contributed by atoms with E-state index in [9.17, 15) is 21.6 Å². The molecule has 0 atom stereocenters. The molecule has 8 heteroatoms. The second-order valence-corrected chi connectivity index (χ2v) is 6.77. The molecule has 1 aromatic rings. The first-order valence-electron chi connectivity index (χ1n) is 6.27. The summed E-state index contributed by atoms with van der Waals surface area (Å²) in [4.78, 5) is 0. The van der Waals surface area contributed by atoms with Crippen molar-refractivity contribution in [2.24, 2.45) is 0 Å². The molecule has 114 valence electrons. The van der Waals surface area contributed by atoms with Gasteiger partial charge in [-0.3, -0.25) is 0 Å². The summed E-state index contributed by atoms with van der Waals surface area (Å²) in [5.41, 5.74) is -1.25. The van der Waals surface area contributed by atoms with Crippen LogP contribution in [0, 0.1) is 11.3 Å². The zero-order valence-electron chi connectivity index (χ0n) is 11.0. The van der Waals surface area contributed by atoms with Crippen molar-refractivity contribution in [1.29, 1.82) is 5.26 Å². The fraction of sp³-hybridized carbons (Fsp3) is 0.462. The zero-order valence-corrected chi connectivity index (χ0v) is 11.8. The molecule has 0 aliphatic heterocycles. The highest BCUT2D eigenvalue weighted by atomic mass is 32.2. The molecule has 1 fully saturated rings. The summed E-state index contributed by atoms with van der Waals surface area (Å²) in [7, 11) is -3.95. The molecular weight excluding hydrogens is 305 g/mol. The highest BCUT2D eigenvalue weighted by molar-refractivity contribution is 7.88. The van der Waals surface area contributed by atoms with Gasteiger partial charge in [0.25, 0.3) is 0 Å². The summed E-state index contributed by atoms with van der Waals surface area (Å²) in [6, 6.07) is 6.08. The summed E-state index contributed by atoms with van der Waals surface area (Å²) in [6.45, 7) is -0.332. The van der Waals surface area contributed by atoms with Crippen LogP contribution in [0.3, 0.4) is 0 Å². The molecule has 0 spiro atoms. The molecule has 0 amide bonds. The van der Waals surface area contributed by atoms with E-state index in [2.05, 4.69) is 0 Å². The quantitative estimate of drug-likeness (QED) is 0.784. The summed E-state index contributed by atoms with van der Waals surface area (Å²) < 4.78 is 64.2. The molecule has 4 nitrogen and oxygen atoms in total. The molecule has 0 saturated heterocycles. The van der Waals surface area contributed by atoms with Crippen LogP contribution in [0.5, 0.6) is 0 Å². The summed E-state index contributed by atoms with van der Waals surface area (Å²) in [5.74, 6) is -0.749. The summed E-state index contributed by atoms with van der Waals surface area (Å²) >= 11 is 0. The number of hydrogen-bond acceptors (Lipinski definition) is 3. The average Bonchev–Trinajstić information content (AvgIpc) is 3.18. The van der Waals surface area contributed by atoms with E-state index in [1.165, 1.54) is 12.1 Å². The van der Waals surface area contributed by atoms with E-state index in [1.54, 1.807) is 6.07 Å². The minimum Gasteiger partial charge on any atom is -0.212 e. The topological polar surface area (TPSA) is 61.2 Å². The van der Waals surface area contributed by atoms with Crippen molar-refractivity contribution in [3.63, 3.8) is 0 Å². The van der Waals surface area contributed by atoms with Crippen LogP contribution in [-0.4, -0.2) is 25.3 Å². The summed E-state index contributed by atoms with van der Waals surface area (Å²) in [6.07, 6.45) is -3.32. The minimum atomic E-state index is -4.61. The smallest absolute Gasteiger partial charge is 0.212 e. The maximum atomic E-state index is 12.9. The number of nitrogens with zero attached hydrogens (tertiary/aromatic N) is 2. The third kappa shape index (κ3) is 3.74. The molecule has 1 saturated carbocycles. The van der Waals surface area contributed by atoms with Crippen LogP contribution in [0.25, 0.3) is 0 Å². The van der Waals surface area contributed by atoms with E-state index in [-0.39, 0.29) is 18.2 Å². The van der Waals surface area contributed by atoms with Crippen molar-refractivity contribution in [1.82, 2.24) is 4.31 Å². The Kier molecular flexibility index (Phi) is 4.25. The van der Waals surface area contributed by atoms with E-state index in [0.29, 0.717) is 12.8 Å². The minimum absolute atomic E-state index is 0.257. The standard InChI is InChI=1S/C13H13F3N2O2S/c14-13(15,16)12-4-2-1-3-10(12)9-21(19,20)18(8-7-17)11-5-6-11/h1-4,11H,5-6,8-9H2. The van der Waals surface area contributed by atoms with Gasteiger partial charge in [0.2, 0.25) is 10.0 Å². The van der Waals surface area contributed by atoms with Crippen LogP contribution in [0.1, 0.15) is 24.0 Å². The lowest BCUT2D eigenvalue weighted by molar-refractivity contribution is -0.138. The molecule has 1 aliphatic rings. The van der Waals surface area contributed by atoms with Gasteiger partial charge in [0.15, 0.2) is 0 Å². The first kappa shape index (κ1) is 15.8. The highest BCUT2D eigenvalue weighted by Gasteiger charge is 2.39. The molecule has 0 aromatic heterocycles. The molecule has 2 rings (SSSR count). The van der Waals surface area contributed by atoms with Crippen LogP contribution in [0.2, 0.25) is 0 Å². The Balaban J connectivity index is 2.31. The van der Waals surface area contributed by atoms with Crippen molar-refractivity contribution in [3.8, 4) is 6.07 Å². The van der Waals surface area contributed by atoms with Gasteiger partial charge in [-0.1, -0.05) is 18.2 Å². The van der Waals surface area contributed by atoms with Gasteiger partial charge in [-0.15, -0.1) is 0 Å². The van der Waals surface area contributed by atoms with Gasteiger partial charge in [-0.2, -0.15) is 22.7 Å². The average molecular weight is 318 g/mol. The van der Waals surface area contributed by atoms with E-state index >= 15 is 0 Å². The molecular formula is C13H13F3N2O2S. The van der Waals surface area contributed by atoms with Gasteiger partial charge >= 0.3 is 6.18 Å². The lowest BCUT2D eigenvalue weighted by Crippen LogP contribution is -2.34. The highest BCUT2D eigenvalue weighted by Crippen LogP contribution is 2.34. The molecule has 0 unspecified atom stereocenters. The molecule has 0 N–H and O–H groups in total. The molecule has 1 aliphatic carbocycles. The van der Waals surface area contributed by atoms with Crippen molar-refractivity contribution in [2.45, 2.75) is 30.8 Å². The van der Waals surface area contributed by atoms with Gasteiger partial charge in [0.1, 0.15) is 6.54 Å². The lowest BCUT2D eigenvalue weighted by Gasteiger charge is -2.20. The van der Waals surface area contributed by atoms with Gasteiger partial charge in [0, 0.05) is 6.04 Å². The Hall–Kier alpha value is -1.59. The number of benzene rings is 1. The second-order valence-electron chi connectivity index (χ2n) is 4.85. The van der Waals surface area contributed by atoms with Crippen molar-refractivity contribution in [2.75, 3.05) is 6.54 Å². The van der Waals surface area contributed by atoms with E-state index < -0.39 is 27.5 Å². The third-order valence-corrected chi connectivity index (χ3v) is 5.02. The maximum absolute atomic E-state index is 12.9. The Morgan fingerprint density at radius 1 is 1.29 bits per heavy atom. The number of halogens is 3. The SMILES string of the molecule is N#CCN(C1CC1)S(=O)(=O)Cc1ccccc1C(F)(F)F. The summed E-state index contributed by atoms with van der Waals surface area (Å²) in [5, 5.41) is 8.69. The van der Waals surface area contributed by atoms with Crippen LogP contribution >= 0.6 is 0 Å². The van der Waals surface area contributed by atoms with Gasteiger partial charge in [-0.25, -0.2) is 8.42 Å². The van der Waals surface area contributed by atoms with Crippen LogP contribution in [0.15, 0.2) is 24.3 Å². The Bertz CT molecular complexity index is 661. The first-order chi connectivity index (χ1) is 9.75. The van der Waals surface area contributed by atoms with Crippen molar-refractivity contribution < 1.29 is 21.6 Å². The van der Waals surface area contributed by atoms with E-state index in [0.717, 1.165) is 16.4 Å². The molecule has 0 heterocycles. The van der Waals surface area contributed by atoms with E-state index in [1.807, 2.05) is 0 Å². The number of hydrogen-bond donors (Lipinski definition) is 0. The number of sulfonamides is 1.